The first-order valence-corrected chi connectivity index (χ1v) is 9.87. The molecule has 0 bridgehead atoms. The van der Waals surface area contributed by atoms with Gasteiger partial charge in [0.2, 0.25) is 0 Å². The van der Waals surface area contributed by atoms with E-state index in [4.69, 9.17) is 4.98 Å². The number of hydrogen-bond donors (Lipinski definition) is 0. The van der Waals surface area contributed by atoms with E-state index in [0.717, 1.165) is 5.69 Å². The molecule has 24 heavy (non-hydrogen) atoms. The van der Waals surface area contributed by atoms with Gasteiger partial charge < -0.3 is 0 Å². The standard InChI is InChI=1S/C22H17NSe/c1-4-10-17(11-5-1)20-16-24-22(23-20)21(18-12-6-2-7-13-18)19-14-8-3-9-15-19/h1-16,21H. The third-order valence-corrected chi connectivity index (χ3v) is 6.01. The third-order valence-electron chi connectivity index (χ3n) is 4.10. The molecule has 0 aliphatic carbocycles. The van der Waals surface area contributed by atoms with Crippen LogP contribution in [-0.2, 0) is 0 Å². The fourth-order valence-corrected chi connectivity index (χ4v) is 4.99. The maximum absolute atomic E-state index is 5.02. The van der Waals surface area contributed by atoms with Crippen LogP contribution in [0.1, 0.15) is 21.6 Å². The molecular formula is C22H17NSe. The van der Waals surface area contributed by atoms with E-state index in [2.05, 4.69) is 89.9 Å². The fourth-order valence-electron chi connectivity index (χ4n) is 2.93. The summed E-state index contributed by atoms with van der Waals surface area (Å²) in [5.74, 6) is 0.241. The molecule has 3 aromatic carbocycles. The second-order valence-electron chi connectivity index (χ2n) is 5.69. The van der Waals surface area contributed by atoms with Crippen LogP contribution in [0.25, 0.3) is 11.3 Å². The van der Waals surface area contributed by atoms with Crippen molar-refractivity contribution >= 4 is 14.5 Å². The molecule has 0 saturated carbocycles. The van der Waals surface area contributed by atoms with Gasteiger partial charge in [0, 0.05) is 0 Å². The van der Waals surface area contributed by atoms with Gasteiger partial charge in [0.15, 0.2) is 0 Å². The van der Waals surface area contributed by atoms with Crippen LogP contribution in [0, 0.1) is 0 Å². The molecule has 0 amide bonds. The molecular weight excluding hydrogens is 357 g/mol. The Morgan fingerprint density at radius 1 is 0.625 bits per heavy atom. The molecule has 0 saturated heterocycles. The van der Waals surface area contributed by atoms with Crippen LogP contribution in [0.5, 0.6) is 0 Å². The molecule has 0 spiro atoms. The van der Waals surface area contributed by atoms with Crippen LogP contribution in [0.2, 0.25) is 0 Å². The van der Waals surface area contributed by atoms with Crippen molar-refractivity contribution in [2.45, 2.75) is 5.92 Å². The van der Waals surface area contributed by atoms with Gasteiger partial charge in [-0.15, -0.1) is 0 Å². The van der Waals surface area contributed by atoms with Gasteiger partial charge in [-0.05, 0) is 0 Å². The zero-order chi connectivity index (χ0) is 16.2. The molecule has 1 nitrogen and oxygen atoms in total. The van der Waals surface area contributed by atoms with Gasteiger partial charge in [-0.3, -0.25) is 0 Å². The second-order valence-corrected chi connectivity index (χ2v) is 7.56. The van der Waals surface area contributed by atoms with Crippen LogP contribution in [0.4, 0.5) is 0 Å². The Morgan fingerprint density at radius 2 is 1.12 bits per heavy atom. The van der Waals surface area contributed by atoms with E-state index in [9.17, 15) is 0 Å². The predicted octanol–water partition coefficient (Wildman–Crippen LogP) is 4.99. The average Bonchev–Trinajstić information content (AvgIpc) is 3.14. The molecule has 1 heterocycles. The van der Waals surface area contributed by atoms with Crippen molar-refractivity contribution in [3.8, 4) is 11.3 Å². The van der Waals surface area contributed by atoms with Gasteiger partial charge in [0.05, 0.1) is 0 Å². The Hall–Kier alpha value is -2.41. The summed E-state index contributed by atoms with van der Waals surface area (Å²) in [5.41, 5.74) is 4.94. The van der Waals surface area contributed by atoms with E-state index in [0.29, 0.717) is 0 Å². The van der Waals surface area contributed by atoms with E-state index < -0.39 is 0 Å². The van der Waals surface area contributed by atoms with Crippen molar-refractivity contribution in [3.63, 3.8) is 0 Å². The van der Waals surface area contributed by atoms with E-state index in [1.54, 1.807) is 0 Å². The topological polar surface area (TPSA) is 12.9 Å². The van der Waals surface area contributed by atoms with Gasteiger partial charge in [0.1, 0.15) is 0 Å². The van der Waals surface area contributed by atoms with Crippen molar-refractivity contribution in [2.24, 2.45) is 0 Å². The molecule has 4 aromatic rings. The molecule has 4 rings (SSSR count). The summed E-state index contributed by atoms with van der Waals surface area (Å²) in [6.45, 7) is 0. The van der Waals surface area contributed by atoms with Crippen LogP contribution < -0.4 is 0 Å². The minimum absolute atomic E-state index is 0.241. The zero-order valence-electron chi connectivity index (χ0n) is 13.2. The molecule has 0 unspecified atom stereocenters. The van der Waals surface area contributed by atoms with Crippen LogP contribution >= 0.6 is 0 Å². The van der Waals surface area contributed by atoms with Gasteiger partial charge in [0.25, 0.3) is 0 Å². The number of nitrogens with zero attached hydrogens (tertiary/aromatic N) is 1. The summed E-state index contributed by atoms with van der Waals surface area (Å²) >= 11 is 0.279. The van der Waals surface area contributed by atoms with Crippen molar-refractivity contribution in [1.82, 2.24) is 4.98 Å². The quantitative estimate of drug-likeness (QED) is 0.459. The minimum atomic E-state index is 0.241. The van der Waals surface area contributed by atoms with Crippen LogP contribution in [0.3, 0.4) is 0 Å². The molecule has 2 heteroatoms. The van der Waals surface area contributed by atoms with Crippen molar-refractivity contribution < 1.29 is 0 Å². The molecule has 0 fully saturated rings. The summed E-state index contributed by atoms with van der Waals surface area (Å²) in [4.78, 5) is 7.32. The zero-order valence-corrected chi connectivity index (χ0v) is 14.9. The summed E-state index contributed by atoms with van der Waals surface area (Å²) < 4.78 is 1.28. The van der Waals surface area contributed by atoms with E-state index in [1.165, 1.54) is 21.3 Å². The molecule has 116 valence electrons. The Labute approximate surface area is 148 Å². The van der Waals surface area contributed by atoms with Gasteiger partial charge in [-0.2, -0.15) is 0 Å². The summed E-state index contributed by atoms with van der Waals surface area (Å²) in [6.07, 6.45) is 0. The SMILES string of the molecule is c1ccc(-c2c[se]c(C(c3ccccc3)c3ccccc3)n2)cc1. The Kier molecular flexibility index (Phi) is 4.42. The number of aromatic nitrogens is 1. The first kappa shape index (κ1) is 15.1. The molecule has 0 atom stereocenters. The Morgan fingerprint density at radius 3 is 1.67 bits per heavy atom. The van der Waals surface area contributed by atoms with Crippen molar-refractivity contribution in [2.75, 3.05) is 0 Å². The second kappa shape index (κ2) is 7.00. The number of hydrogen-bond acceptors (Lipinski definition) is 1. The van der Waals surface area contributed by atoms with Gasteiger partial charge in [-0.1, -0.05) is 0 Å². The monoisotopic (exact) mass is 375 g/mol. The molecule has 0 aliphatic rings. The summed E-state index contributed by atoms with van der Waals surface area (Å²) in [5, 5.41) is 0. The predicted molar refractivity (Wildman–Crippen MR) is 100 cm³/mol. The van der Waals surface area contributed by atoms with E-state index in [1.807, 2.05) is 6.07 Å². The number of rotatable bonds is 4. The van der Waals surface area contributed by atoms with Crippen LogP contribution in [-0.4, -0.2) is 19.5 Å². The first-order chi connectivity index (χ1) is 11.9. The fraction of sp³-hybridized carbons (Fsp3) is 0.0455. The maximum atomic E-state index is 5.02. The summed E-state index contributed by atoms with van der Waals surface area (Å²) in [7, 11) is 0. The van der Waals surface area contributed by atoms with E-state index >= 15 is 0 Å². The van der Waals surface area contributed by atoms with Crippen molar-refractivity contribution in [1.29, 1.82) is 0 Å². The summed E-state index contributed by atoms with van der Waals surface area (Å²) in [6, 6.07) is 31.9. The van der Waals surface area contributed by atoms with Crippen LogP contribution in [0.15, 0.2) is 95.9 Å². The third kappa shape index (κ3) is 3.12. The normalized spacial score (nSPS) is 10.9. The molecule has 1 aromatic heterocycles. The Balaban J connectivity index is 1.79. The van der Waals surface area contributed by atoms with Gasteiger partial charge in [-0.25, -0.2) is 0 Å². The molecule has 0 aliphatic heterocycles. The Bertz CT molecular complexity index is 859. The van der Waals surface area contributed by atoms with E-state index in [-0.39, 0.29) is 20.4 Å². The molecule has 0 radical (unpaired) electrons. The molecule has 0 N–H and O–H groups in total. The number of benzene rings is 3. The van der Waals surface area contributed by atoms with Gasteiger partial charge >= 0.3 is 148 Å². The van der Waals surface area contributed by atoms with Crippen molar-refractivity contribution in [3.05, 3.63) is 112 Å². The average molecular weight is 374 g/mol. The first-order valence-electron chi connectivity index (χ1n) is 8.02.